The van der Waals surface area contributed by atoms with Gasteiger partial charge in [-0.25, -0.2) is 0 Å². The summed E-state index contributed by atoms with van der Waals surface area (Å²) < 4.78 is 11.1. The highest BCUT2D eigenvalue weighted by Gasteiger charge is 2.20. The molecule has 0 amide bonds. The quantitative estimate of drug-likeness (QED) is 0.190. The number of rotatable bonds is 4. The van der Waals surface area contributed by atoms with E-state index in [1.54, 1.807) is 6.20 Å². The Morgan fingerprint density at radius 1 is 0.431 bits per heavy atom. The molecule has 5 nitrogen and oxygen atoms in total. The average Bonchev–Trinajstić information content (AvgIpc) is 3.86. The Hall–Kier alpha value is -6.98. The van der Waals surface area contributed by atoms with Crippen molar-refractivity contribution < 1.29 is 4.42 Å². The van der Waals surface area contributed by atoms with Crippen molar-refractivity contribution >= 4 is 65.6 Å². The molecule has 0 atom stereocenters. The molecule has 4 heterocycles. The molecule has 7 aromatic carbocycles. The van der Waals surface area contributed by atoms with Crippen LogP contribution in [0.2, 0.25) is 0 Å². The standard InChI is InChI=1S/C46H28N4O/c1-2-13-31(14-3-1)49-39-20-7-4-16-34(39)35-25-24-29(27-42(35)49)33-19-11-22-41-44(33)37-18-5-8-21-40(37)50(41)32-15-10-12-30(26-32)45-46-38(28-47-48-45)36-17-6-9-23-43(36)51-46/h1-28H. The van der Waals surface area contributed by atoms with Crippen LogP contribution in [-0.2, 0) is 0 Å². The molecule has 0 aliphatic carbocycles. The topological polar surface area (TPSA) is 48.8 Å². The van der Waals surface area contributed by atoms with Gasteiger partial charge in [0.05, 0.1) is 33.6 Å². The Labute approximate surface area is 292 Å². The second-order valence-electron chi connectivity index (χ2n) is 13.1. The molecular weight excluding hydrogens is 625 g/mol. The van der Waals surface area contributed by atoms with E-state index in [9.17, 15) is 0 Å². The van der Waals surface area contributed by atoms with Crippen molar-refractivity contribution in [2.45, 2.75) is 0 Å². The second-order valence-corrected chi connectivity index (χ2v) is 13.1. The van der Waals surface area contributed by atoms with Gasteiger partial charge in [0.25, 0.3) is 0 Å². The number of hydrogen-bond donors (Lipinski definition) is 0. The molecule has 0 spiro atoms. The molecule has 0 unspecified atom stereocenters. The van der Waals surface area contributed by atoms with Crippen molar-refractivity contribution in [2.24, 2.45) is 0 Å². The van der Waals surface area contributed by atoms with Crippen molar-refractivity contribution in [3.63, 3.8) is 0 Å². The molecule has 0 aliphatic heterocycles. The highest BCUT2D eigenvalue weighted by molar-refractivity contribution is 6.17. The van der Waals surface area contributed by atoms with Crippen LogP contribution in [0.1, 0.15) is 0 Å². The van der Waals surface area contributed by atoms with Crippen molar-refractivity contribution in [3.8, 4) is 33.8 Å². The maximum Gasteiger partial charge on any atom is 0.165 e. The van der Waals surface area contributed by atoms with E-state index in [2.05, 4.69) is 165 Å². The Morgan fingerprint density at radius 2 is 1.10 bits per heavy atom. The number of hydrogen-bond acceptors (Lipinski definition) is 3. The van der Waals surface area contributed by atoms with E-state index in [4.69, 9.17) is 4.42 Å². The summed E-state index contributed by atoms with van der Waals surface area (Å²) in [5.74, 6) is 0. The number of aromatic nitrogens is 4. The Morgan fingerprint density at radius 3 is 1.98 bits per heavy atom. The molecule has 51 heavy (non-hydrogen) atoms. The number of para-hydroxylation sites is 4. The van der Waals surface area contributed by atoms with Gasteiger partial charge in [-0.05, 0) is 65.7 Å². The maximum absolute atomic E-state index is 6.35. The largest absolute Gasteiger partial charge is 0.454 e. The first kappa shape index (κ1) is 27.9. The molecule has 4 aromatic heterocycles. The van der Waals surface area contributed by atoms with Crippen LogP contribution in [0.3, 0.4) is 0 Å². The van der Waals surface area contributed by atoms with Crippen LogP contribution in [0.25, 0.3) is 99.3 Å². The fourth-order valence-corrected chi connectivity index (χ4v) is 8.07. The van der Waals surface area contributed by atoms with E-state index in [1.807, 2.05) is 18.2 Å². The fraction of sp³-hybridized carbons (Fsp3) is 0. The summed E-state index contributed by atoms with van der Waals surface area (Å²) in [7, 11) is 0. The van der Waals surface area contributed by atoms with Crippen molar-refractivity contribution in [1.82, 2.24) is 19.3 Å². The van der Waals surface area contributed by atoms with Crippen molar-refractivity contribution in [3.05, 3.63) is 170 Å². The summed E-state index contributed by atoms with van der Waals surface area (Å²) in [5.41, 5.74) is 12.5. The van der Waals surface area contributed by atoms with Gasteiger partial charge in [0, 0.05) is 43.9 Å². The zero-order valence-electron chi connectivity index (χ0n) is 27.4. The average molecular weight is 653 g/mol. The summed E-state index contributed by atoms with van der Waals surface area (Å²) in [4.78, 5) is 0. The molecular formula is C46H28N4O. The second kappa shape index (κ2) is 10.8. The SMILES string of the molecule is c1ccc(-n2c3ccccc3c3ccc(-c4cccc5c4c4ccccc4n5-c4cccc(-c5nncc6c5oc5ccccc56)c4)cc32)cc1. The van der Waals surface area contributed by atoms with E-state index in [0.717, 1.165) is 55.6 Å². The van der Waals surface area contributed by atoms with Gasteiger partial charge in [-0.15, -0.1) is 5.10 Å². The van der Waals surface area contributed by atoms with Crippen LogP contribution < -0.4 is 0 Å². The molecule has 11 aromatic rings. The molecule has 0 aliphatic rings. The Balaban J connectivity index is 1.13. The van der Waals surface area contributed by atoms with Crippen LogP contribution in [0.4, 0.5) is 0 Å². The van der Waals surface area contributed by atoms with Gasteiger partial charge in [0.15, 0.2) is 5.58 Å². The zero-order chi connectivity index (χ0) is 33.5. The van der Waals surface area contributed by atoms with E-state index in [0.29, 0.717) is 0 Å². The van der Waals surface area contributed by atoms with E-state index in [1.165, 1.54) is 43.7 Å². The summed E-state index contributed by atoms with van der Waals surface area (Å²) in [6, 6.07) is 58.2. The van der Waals surface area contributed by atoms with E-state index in [-0.39, 0.29) is 0 Å². The van der Waals surface area contributed by atoms with Gasteiger partial charge in [-0.3, -0.25) is 0 Å². The Bertz CT molecular complexity index is 3150. The first-order chi connectivity index (χ1) is 25.3. The third-order valence-electron chi connectivity index (χ3n) is 10.3. The third-order valence-corrected chi connectivity index (χ3v) is 10.3. The van der Waals surface area contributed by atoms with Crippen LogP contribution in [0.5, 0.6) is 0 Å². The van der Waals surface area contributed by atoms with Crippen molar-refractivity contribution in [1.29, 1.82) is 0 Å². The minimum Gasteiger partial charge on any atom is -0.454 e. The summed E-state index contributed by atoms with van der Waals surface area (Å²) >= 11 is 0. The van der Waals surface area contributed by atoms with Crippen LogP contribution in [0, 0.1) is 0 Å². The predicted molar refractivity (Wildman–Crippen MR) is 209 cm³/mol. The number of fused-ring (bicyclic) bond motifs is 9. The number of nitrogens with zero attached hydrogens (tertiary/aromatic N) is 4. The highest BCUT2D eigenvalue weighted by atomic mass is 16.3. The zero-order valence-corrected chi connectivity index (χ0v) is 27.4. The molecule has 0 saturated carbocycles. The van der Waals surface area contributed by atoms with E-state index >= 15 is 0 Å². The van der Waals surface area contributed by atoms with E-state index < -0.39 is 0 Å². The van der Waals surface area contributed by atoms with Gasteiger partial charge in [0.2, 0.25) is 0 Å². The number of benzene rings is 7. The molecule has 0 radical (unpaired) electrons. The van der Waals surface area contributed by atoms with Gasteiger partial charge >= 0.3 is 0 Å². The van der Waals surface area contributed by atoms with Gasteiger partial charge in [-0.1, -0.05) is 109 Å². The Kier molecular flexibility index (Phi) is 5.89. The lowest BCUT2D eigenvalue weighted by Gasteiger charge is -2.11. The van der Waals surface area contributed by atoms with Gasteiger partial charge in [0.1, 0.15) is 11.3 Å². The van der Waals surface area contributed by atoms with Crippen molar-refractivity contribution in [2.75, 3.05) is 0 Å². The maximum atomic E-state index is 6.35. The van der Waals surface area contributed by atoms with Gasteiger partial charge < -0.3 is 13.6 Å². The third kappa shape index (κ3) is 4.09. The lowest BCUT2D eigenvalue weighted by molar-refractivity contribution is 0.666. The minimum absolute atomic E-state index is 0.731. The number of furan rings is 1. The molecule has 0 bridgehead atoms. The fourth-order valence-electron chi connectivity index (χ4n) is 8.07. The van der Waals surface area contributed by atoms with Crippen LogP contribution in [-0.4, -0.2) is 19.3 Å². The first-order valence-corrected chi connectivity index (χ1v) is 17.2. The molecule has 238 valence electrons. The lowest BCUT2D eigenvalue weighted by Crippen LogP contribution is -1.95. The first-order valence-electron chi connectivity index (χ1n) is 17.2. The predicted octanol–water partition coefficient (Wildman–Crippen LogP) is 11.9. The monoisotopic (exact) mass is 652 g/mol. The summed E-state index contributed by atoms with van der Waals surface area (Å²) in [6.07, 6.45) is 1.79. The molecule has 11 rings (SSSR count). The normalized spacial score (nSPS) is 11.9. The van der Waals surface area contributed by atoms with Gasteiger partial charge in [-0.2, -0.15) is 5.10 Å². The summed E-state index contributed by atoms with van der Waals surface area (Å²) in [6.45, 7) is 0. The molecule has 5 heteroatoms. The van der Waals surface area contributed by atoms with Crippen LogP contribution >= 0.6 is 0 Å². The molecule has 0 saturated heterocycles. The van der Waals surface area contributed by atoms with Crippen LogP contribution in [0.15, 0.2) is 174 Å². The lowest BCUT2D eigenvalue weighted by atomic mass is 9.98. The minimum atomic E-state index is 0.731. The molecule has 0 N–H and O–H groups in total. The smallest absolute Gasteiger partial charge is 0.165 e. The highest BCUT2D eigenvalue weighted by Crippen LogP contribution is 2.42. The summed E-state index contributed by atoms with van der Waals surface area (Å²) in [5, 5.41) is 15.9. The molecule has 0 fully saturated rings.